The van der Waals surface area contributed by atoms with Crippen molar-refractivity contribution in [2.75, 3.05) is 0 Å². The van der Waals surface area contributed by atoms with Crippen molar-refractivity contribution in [2.45, 2.75) is 57.8 Å². The van der Waals surface area contributed by atoms with Crippen LogP contribution >= 0.6 is 12.2 Å². The van der Waals surface area contributed by atoms with Gasteiger partial charge in [-0.2, -0.15) is 4.99 Å². The minimum absolute atomic E-state index is 0.00490. The third-order valence-corrected chi connectivity index (χ3v) is 5.65. The number of unbranched alkanes of at least 4 members (excludes halogenated alkanes) is 1. The summed E-state index contributed by atoms with van der Waals surface area (Å²) in [6.45, 7) is 2.19. The summed E-state index contributed by atoms with van der Waals surface area (Å²) in [6, 6.07) is 16.1. The molecule has 0 atom stereocenters. The summed E-state index contributed by atoms with van der Waals surface area (Å²) >= 11 is 4.64. The predicted octanol–water partition coefficient (Wildman–Crippen LogP) is 6.64. The number of esters is 1. The van der Waals surface area contributed by atoms with Crippen molar-refractivity contribution in [3.05, 3.63) is 59.7 Å². The number of thiocarbonyl (C=S) groups is 1. The first-order valence-corrected chi connectivity index (χ1v) is 10.6. The van der Waals surface area contributed by atoms with Crippen LogP contribution in [-0.2, 0) is 11.2 Å². The highest BCUT2D eigenvalue weighted by atomic mass is 32.1. The molecular formula is C24H27NO2S. The molecule has 0 bridgehead atoms. The maximum Gasteiger partial charge on any atom is 0.314 e. The average molecular weight is 394 g/mol. The van der Waals surface area contributed by atoms with Gasteiger partial charge in [0.1, 0.15) is 5.75 Å². The van der Waals surface area contributed by atoms with Gasteiger partial charge in [0.25, 0.3) is 0 Å². The number of carbonyl (C=O) groups excluding carboxylic acids is 1. The zero-order valence-corrected chi connectivity index (χ0v) is 17.2. The molecule has 0 aromatic heterocycles. The zero-order valence-electron chi connectivity index (χ0n) is 16.4. The Morgan fingerprint density at radius 3 is 2.36 bits per heavy atom. The number of ether oxygens (including phenoxy) is 1. The highest BCUT2D eigenvalue weighted by Crippen LogP contribution is 2.37. The van der Waals surface area contributed by atoms with Gasteiger partial charge in [0.15, 0.2) is 0 Å². The van der Waals surface area contributed by atoms with E-state index in [-0.39, 0.29) is 11.9 Å². The fourth-order valence-corrected chi connectivity index (χ4v) is 3.95. The summed E-state index contributed by atoms with van der Waals surface area (Å²) in [4.78, 5) is 16.5. The molecular weight excluding hydrogens is 366 g/mol. The van der Waals surface area contributed by atoms with Crippen LogP contribution in [0.4, 0.5) is 5.69 Å². The summed E-state index contributed by atoms with van der Waals surface area (Å²) < 4.78 is 5.63. The molecule has 3 rings (SSSR count). The SMILES string of the molecule is CCCCc1ccc(OC(=O)C2CCC(c3ccc(N=C=S)cc3)CC2)cc1. The van der Waals surface area contributed by atoms with E-state index in [1.54, 1.807) is 0 Å². The van der Waals surface area contributed by atoms with Crippen LogP contribution in [-0.4, -0.2) is 11.1 Å². The van der Waals surface area contributed by atoms with Gasteiger partial charge in [-0.25, -0.2) is 0 Å². The van der Waals surface area contributed by atoms with Crippen molar-refractivity contribution in [2.24, 2.45) is 10.9 Å². The molecule has 4 heteroatoms. The van der Waals surface area contributed by atoms with E-state index in [4.69, 9.17) is 4.74 Å². The molecule has 1 saturated carbocycles. The van der Waals surface area contributed by atoms with Crippen LogP contribution in [0.2, 0.25) is 0 Å². The Kier molecular flexibility index (Phi) is 7.53. The van der Waals surface area contributed by atoms with Crippen LogP contribution in [0.1, 0.15) is 62.5 Å². The Morgan fingerprint density at radius 2 is 1.75 bits per heavy atom. The summed E-state index contributed by atoms with van der Waals surface area (Å²) in [5.74, 6) is 1.05. The van der Waals surface area contributed by atoms with Crippen LogP contribution in [0.15, 0.2) is 53.5 Å². The number of hydrogen-bond donors (Lipinski definition) is 0. The summed E-state index contributed by atoms with van der Waals surface area (Å²) in [6.07, 6.45) is 7.20. The summed E-state index contributed by atoms with van der Waals surface area (Å²) in [5.41, 5.74) is 3.43. The minimum Gasteiger partial charge on any atom is -0.426 e. The second-order valence-corrected chi connectivity index (χ2v) is 7.69. The van der Waals surface area contributed by atoms with E-state index in [0.29, 0.717) is 11.7 Å². The second kappa shape index (κ2) is 10.3. The molecule has 0 spiro atoms. The van der Waals surface area contributed by atoms with Gasteiger partial charge >= 0.3 is 5.97 Å². The number of aryl methyl sites for hydroxylation is 1. The molecule has 1 fully saturated rings. The van der Waals surface area contributed by atoms with Crippen LogP contribution in [0.3, 0.4) is 0 Å². The number of rotatable bonds is 7. The lowest BCUT2D eigenvalue weighted by Crippen LogP contribution is -2.25. The lowest BCUT2D eigenvalue weighted by molar-refractivity contribution is -0.140. The Hall–Kier alpha value is -2.29. The van der Waals surface area contributed by atoms with E-state index in [9.17, 15) is 4.79 Å². The second-order valence-electron chi connectivity index (χ2n) is 7.51. The van der Waals surface area contributed by atoms with E-state index in [2.05, 4.69) is 53.6 Å². The fourth-order valence-electron chi connectivity index (χ4n) is 3.84. The Bertz CT molecular complexity index is 815. The van der Waals surface area contributed by atoms with Gasteiger partial charge in [-0.3, -0.25) is 4.79 Å². The molecule has 28 heavy (non-hydrogen) atoms. The van der Waals surface area contributed by atoms with E-state index in [1.165, 1.54) is 24.0 Å². The summed E-state index contributed by atoms with van der Waals surface area (Å²) in [7, 11) is 0. The van der Waals surface area contributed by atoms with Gasteiger partial charge in [0.05, 0.1) is 16.8 Å². The van der Waals surface area contributed by atoms with Gasteiger partial charge in [-0.1, -0.05) is 37.6 Å². The number of aliphatic imine (C=N–C) groups is 1. The van der Waals surface area contributed by atoms with Gasteiger partial charge in [-0.05, 0) is 92.1 Å². The van der Waals surface area contributed by atoms with Crippen LogP contribution < -0.4 is 4.74 Å². The first-order valence-electron chi connectivity index (χ1n) is 10.2. The predicted molar refractivity (Wildman–Crippen MR) is 117 cm³/mol. The largest absolute Gasteiger partial charge is 0.426 e. The highest BCUT2D eigenvalue weighted by Gasteiger charge is 2.28. The minimum atomic E-state index is -0.0922. The van der Waals surface area contributed by atoms with Crippen molar-refractivity contribution < 1.29 is 9.53 Å². The molecule has 1 aliphatic rings. The van der Waals surface area contributed by atoms with E-state index in [0.717, 1.165) is 37.8 Å². The maximum atomic E-state index is 12.5. The molecule has 0 heterocycles. The molecule has 2 aromatic carbocycles. The molecule has 3 nitrogen and oxygen atoms in total. The van der Waals surface area contributed by atoms with Gasteiger partial charge in [-0.15, -0.1) is 0 Å². The van der Waals surface area contributed by atoms with E-state index < -0.39 is 0 Å². The molecule has 1 aliphatic carbocycles. The van der Waals surface area contributed by atoms with Crippen molar-refractivity contribution in [1.29, 1.82) is 0 Å². The molecule has 0 radical (unpaired) electrons. The molecule has 0 amide bonds. The van der Waals surface area contributed by atoms with E-state index in [1.807, 2.05) is 24.3 Å². The van der Waals surface area contributed by atoms with Crippen molar-refractivity contribution in [3.8, 4) is 5.75 Å². The van der Waals surface area contributed by atoms with Crippen LogP contribution in [0, 0.1) is 5.92 Å². The van der Waals surface area contributed by atoms with Crippen molar-refractivity contribution in [1.82, 2.24) is 0 Å². The number of carbonyl (C=O) groups is 1. The highest BCUT2D eigenvalue weighted by molar-refractivity contribution is 7.78. The smallest absolute Gasteiger partial charge is 0.314 e. The Labute approximate surface area is 172 Å². The number of nitrogens with zero attached hydrogens (tertiary/aromatic N) is 1. The number of benzene rings is 2. The van der Waals surface area contributed by atoms with E-state index >= 15 is 0 Å². The Morgan fingerprint density at radius 1 is 1.07 bits per heavy atom. The molecule has 146 valence electrons. The first kappa shape index (κ1) is 20.4. The monoisotopic (exact) mass is 393 g/mol. The van der Waals surface area contributed by atoms with Gasteiger partial charge in [0.2, 0.25) is 0 Å². The zero-order chi connectivity index (χ0) is 19.8. The topological polar surface area (TPSA) is 38.7 Å². The molecule has 2 aromatic rings. The molecule has 0 unspecified atom stereocenters. The quantitative estimate of drug-likeness (QED) is 0.229. The fraction of sp³-hybridized carbons (Fsp3) is 0.417. The maximum absolute atomic E-state index is 12.5. The van der Waals surface area contributed by atoms with Gasteiger partial charge in [0, 0.05) is 0 Å². The normalized spacial score (nSPS) is 18.9. The Balaban J connectivity index is 1.50. The average Bonchev–Trinajstić information content (AvgIpc) is 2.74. The third-order valence-electron chi connectivity index (χ3n) is 5.56. The summed E-state index contributed by atoms with van der Waals surface area (Å²) in [5, 5.41) is 2.39. The standard InChI is InChI=1S/C24H27NO2S/c1-2-3-4-18-5-15-23(16-6-18)27-24(26)21-9-7-19(8-10-21)20-11-13-22(14-12-20)25-17-28/h5-6,11-16,19,21H,2-4,7-10H2,1H3. The molecule has 0 N–H and O–H groups in total. The van der Waals surface area contributed by atoms with Crippen molar-refractivity contribution >= 4 is 29.0 Å². The lowest BCUT2D eigenvalue weighted by Gasteiger charge is -2.27. The van der Waals surface area contributed by atoms with Crippen LogP contribution in [0.5, 0.6) is 5.75 Å². The third kappa shape index (κ3) is 5.60. The molecule has 0 saturated heterocycles. The molecule has 0 aliphatic heterocycles. The number of hydrogen-bond acceptors (Lipinski definition) is 4. The van der Waals surface area contributed by atoms with Crippen LogP contribution in [0.25, 0.3) is 0 Å². The lowest BCUT2D eigenvalue weighted by atomic mass is 9.79. The number of isothiocyanates is 1. The van der Waals surface area contributed by atoms with Gasteiger partial charge < -0.3 is 4.74 Å². The first-order chi connectivity index (χ1) is 13.7. The van der Waals surface area contributed by atoms with Crippen molar-refractivity contribution in [3.63, 3.8) is 0 Å².